The predicted molar refractivity (Wildman–Crippen MR) is 63.7 cm³/mol. The fraction of sp³-hybridized carbons (Fsp3) is 0.556. The molecule has 15 heavy (non-hydrogen) atoms. The zero-order valence-corrected chi connectivity index (χ0v) is 10.3. The SMILES string of the molecule is CC(CCS(C)=O)Nc1ncc(Cl)cn1. The van der Waals surface area contributed by atoms with Crippen molar-refractivity contribution in [3.05, 3.63) is 17.4 Å². The molecule has 0 bridgehead atoms. The van der Waals surface area contributed by atoms with Gasteiger partial charge in [-0.1, -0.05) is 11.6 Å². The van der Waals surface area contributed by atoms with Gasteiger partial charge in [0.05, 0.1) is 17.4 Å². The van der Waals surface area contributed by atoms with Crippen LogP contribution in [0.15, 0.2) is 12.4 Å². The van der Waals surface area contributed by atoms with Gasteiger partial charge < -0.3 is 5.32 Å². The molecule has 0 aliphatic carbocycles. The Morgan fingerprint density at radius 2 is 2.13 bits per heavy atom. The molecule has 4 nitrogen and oxygen atoms in total. The molecular formula is C9H14ClN3OS. The Kier molecular flexibility index (Phi) is 4.98. The molecule has 1 aromatic heterocycles. The molecule has 1 heterocycles. The van der Waals surface area contributed by atoms with Crippen molar-refractivity contribution in [2.45, 2.75) is 19.4 Å². The smallest absolute Gasteiger partial charge is 0.222 e. The number of aromatic nitrogens is 2. The summed E-state index contributed by atoms with van der Waals surface area (Å²) in [4.78, 5) is 8.03. The van der Waals surface area contributed by atoms with Gasteiger partial charge in [0.25, 0.3) is 0 Å². The van der Waals surface area contributed by atoms with Gasteiger partial charge in [-0.15, -0.1) is 0 Å². The molecule has 0 aliphatic rings. The first kappa shape index (κ1) is 12.4. The van der Waals surface area contributed by atoms with Gasteiger partial charge in [0, 0.05) is 28.9 Å². The third-order valence-corrected chi connectivity index (χ3v) is 2.84. The number of nitrogens with zero attached hydrogens (tertiary/aromatic N) is 2. The molecule has 6 heteroatoms. The number of anilines is 1. The van der Waals surface area contributed by atoms with Gasteiger partial charge in [-0.2, -0.15) is 0 Å². The van der Waals surface area contributed by atoms with Gasteiger partial charge in [0.1, 0.15) is 0 Å². The van der Waals surface area contributed by atoms with Crippen molar-refractivity contribution < 1.29 is 4.21 Å². The van der Waals surface area contributed by atoms with Crippen LogP contribution in [0.2, 0.25) is 5.02 Å². The second kappa shape index (κ2) is 6.02. The lowest BCUT2D eigenvalue weighted by Crippen LogP contribution is -2.19. The Hall–Kier alpha value is -0.680. The Morgan fingerprint density at radius 1 is 1.53 bits per heavy atom. The van der Waals surface area contributed by atoms with Crippen molar-refractivity contribution in [3.63, 3.8) is 0 Å². The van der Waals surface area contributed by atoms with Crippen molar-refractivity contribution >= 4 is 28.3 Å². The highest BCUT2D eigenvalue weighted by Crippen LogP contribution is 2.07. The van der Waals surface area contributed by atoms with E-state index in [1.165, 1.54) is 0 Å². The predicted octanol–water partition coefficient (Wildman–Crippen LogP) is 1.70. The van der Waals surface area contributed by atoms with Gasteiger partial charge in [0.15, 0.2) is 0 Å². The molecule has 0 aromatic carbocycles. The third kappa shape index (κ3) is 5.09. The van der Waals surface area contributed by atoms with Gasteiger partial charge in [-0.05, 0) is 13.3 Å². The number of hydrogen-bond donors (Lipinski definition) is 1. The topological polar surface area (TPSA) is 54.9 Å². The van der Waals surface area contributed by atoms with Crippen molar-refractivity contribution in [1.82, 2.24) is 9.97 Å². The van der Waals surface area contributed by atoms with Crippen LogP contribution in [0.4, 0.5) is 5.95 Å². The zero-order valence-electron chi connectivity index (χ0n) is 8.74. The molecule has 1 rings (SSSR count). The van der Waals surface area contributed by atoms with Crippen molar-refractivity contribution in [2.24, 2.45) is 0 Å². The van der Waals surface area contributed by atoms with E-state index in [0.29, 0.717) is 16.7 Å². The summed E-state index contributed by atoms with van der Waals surface area (Å²) in [6, 6.07) is 0.204. The van der Waals surface area contributed by atoms with Crippen LogP contribution in [0, 0.1) is 0 Å². The minimum Gasteiger partial charge on any atom is -0.352 e. The second-order valence-electron chi connectivity index (χ2n) is 3.34. The van der Waals surface area contributed by atoms with Crippen LogP contribution in [0.5, 0.6) is 0 Å². The van der Waals surface area contributed by atoms with E-state index in [4.69, 9.17) is 11.6 Å². The summed E-state index contributed by atoms with van der Waals surface area (Å²) in [5, 5.41) is 3.63. The summed E-state index contributed by atoms with van der Waals surface area (Å²) in [7, 11) is -0.750. The van der Waals surface area contributed by atoms with Crippen molar-refractivity contribution in [3.8, 4) is 0 Å². The van der Waals surface area contributed by atoms with Crippen LogP contribution in [0.1, 0.15) is 13.3 Å². The average molecular weight is 248 g/mol. The van der Waals surface area contributed by atoms with Crippen LogP contribution in [0.3, 0.4) is 0 Å². The van der Waals surface area contributed by atoms with Crippen LogP contribution in [-0.2, 0) is 10.8 Å². The van der Waals surface area contributed by atoms with E-state index in [9.17, 15) is 4.21 Å². The maximum absolute atomic E-state index is 10.9. The number of hydrogen-bond acceptors (Lipinski definition) is 4. The van der Waals surface area contributed by atoms with E-state index in [1.54, 1.807) is 18.6 Å². The summed E-state index contributed by atoms with van der Waals surface area (Å²) >= 11 is 5.66. The lowest BCUT2D eigenvalue weighted by molar-refractivity contribution is 0.678. The minimum atomic E-state index is -0.750. The Bertz CT molecular complexity index is 331. The van der Waals surface area contributed by atoms with E-state index >= 15 is 0 Å². The molecule has 1 N–H and O–H groups in total. The average Bonchev–Trinajstić information content (AvgIpc) is 2.19. The molecule has 2 atom stereocenters. The van der Waals surface area contributed by atoms with Crippen LogP contribution < -0.4 is 5.32 Å². The number of halogens is 1. The molecule has 0 fully saturated rings. The first-order valence-corrected chi connectivity index (χ1v) is 6.72. The molecule has 0 aliphatic heterocycles. The largest absolute Gasteiger partial charge is 0.352 e. The molecule has 0 radical (unpaired) electrons. The molecular weight excluding hydrogens is 234 g/mol. The monoisotopic (exact) mass is 247 g/mol. The fourth-order valence-corrected chi connectivity index (χ4v) is 1.81. The Labute approximate surface area is 96.9 Å². The summed E-state index contributed by atoms with van der Waals surface area (Å²) in [5.41, 5.74) is 0. The van der Waals surface area contributed by atoms with E-state index in [0.717, 1.165) is 6.42 Å². The fourth-order valence-electron chi connectivity index (χ4n) is 1.02. The van der Waals surface area contributed by atoms with E-state index in [2.05, 4.69) is 15.3 Å². The van der Waals surface area contributed by atoms with Gasteiger partial charge in [-0.3, -0.25) is 4.21 Å². The highest BCUT2D eigenvalue weighted by molar-refractivity contribution is 7.84. The van der Waals surface area contributed by atoms with Crippen molar-refractivity contribution in [2.75, 3.05) is 17.3 Å². The Morgan fingerprint density at radius 3 is 2.67 bits per heavy atom. The maximum Gasteiger partial charge on any atom is 0.222 e. The lowest BCUT2D eigenvalue weighted by atomic mass is 10.3. The standard InChI is InChI=1S/C9H14ClN3OS/c1-7(3-4-15(2)14)13-9-11-5-8(10)6-12-9/h5-7H,3-4H2,1-2H3,(H,11,12,13). The van der Waals surface area contributed by atoms with E-state index < -0.39 is 10.8 Å². The highest BCUT2D eigenvalue weighted by Gasteiger charge is 2.04. The lowest BCUT2D eigenvalue weighted by Gasteiger charge is -2.12. The zero-order chi connectivity index (χ0) is 11.3. The van der Waals surface area contributed by atoms with Gasteiger partial charge >= 0.3 is 0 Å². The maximum atomic E-state index is 10.9. The molecule has 0 amide bonds. The molecule has 0 saturated heterocycles. The summed E-state index contributed by atoms with van der Waals surface area (Å²) in [5.74, 6) is 1.23. The van der Waals surface area contributed by atoms with Crippen LogP contribution >= 0.6 is 11.6 Å². The first-order valence-electron chi connectivity index (χ1n) is 4.62. The minimum absolute atomic E-state index is 0.204. The molecule has 0 saturated carbocycles. The van der Waals surface area contributed by atoms with Crippen molar-refractivity contribution in [1.29, 1.82) is 0 Å². The van der Waals surface area contributed by atoms with Crippen LogP contribution in [0.25, 0.3) is 0 Å². The molecule has 1 aromatic rings. The normalized spacial score (nSPS) is 14.6. The van der Waals surface area contributed by atoms with Gasteiger partial charge in [0.2, 0.25) is 5.95 Å². The second-order valence-corrected chi connectivity index (χ2v) is 5.33. The molecule has 2 unspecified atom stereocenters. The molecule has 0 spiro atoms. The first-order chi connectivity index (χ1) is 7.08. The van der Waals surface area contributed by atoms with Crippen LogP contribution in [-0.4, -0.2) is 32.2 Å². The summed E-state index contributed by atoms with van der Waals surface area (Å²) in [6.45, 7) is 2.00. The summed E-state index contributed by atoms with van der Waals surface area (Å²) < 4.78 is 10.9. The number of nitrogens with one attached hydrogen (secondary N) is 1. The quantitative estimate of drug-likeness (QED) is 0.861. The molecule has 84 valence electrons. The van der Waals surface area contributed by atoms with E-state index in [1.807, 2.05) is 6.92 Å². The Balaban J connectivity index is 2.40. The highest BCUT2D eigenvalue weighted by atomic mass is 35.5. The summed E-state index contributed by atoms with van der Waals surface area (Å²) in [6.07, 6.45) is 5.61. The number of rotatable bonds is 5. The van der Waals surface area contributed by atoms with E-state index in [-0.39, 0.29) is 6.04 Å². The third-order valence-electron chi connectivity index (χ3n) is 1.83. The van der Waals surface area contributed by atoms with Gasteiger partial charge in [-0.25, -0.2) is 9.97 Å².